The van der Waals surface area contributed by atoms with Crippen LogP contribution in [0.25, 0.3) is 0 Å². The van der Waals surface area contributed by atoms with Gasteiger partial charge in [0.05, 0.1) is 5.02 Å². The molecule has 0 spiro atoms. The van der Waals surface area contributed by atoms with Gasteiger partial charge in [-0.3, -0.25) is 0 Å². The summed E-state index contributed by atoms with van der Waals surface area (Å²) >= 11 is 6.38. The van der Waals surface area contributed by atoms with E-state index in [1.165, 1.54) is 16.7 Å². The molecule has 0 aliphatic heterocycles. The lowest BCUT2D eigenvalue weighted by Crippen LogP contribution is -1.97. The van der Waals surface area contributed by atoms with Gasteiger partial charge in [0.2, 0.25) is 0 Å². The first-order chi connectivity index (χ1) is 11.7. The molecule has 0 fully saturated rings. The molecule has 2 heteroatoms. The second kappa shape index (κ2) is 8.03. The molecule has 3 aromatic carbocycles. The SMILES string of the molecule is CCc1ccc(COc2ccc(Cc3ccccc3)cc2Cl)cc1. The van der Waals surface area contributed by atoms with E-state index in [1.807, 2.05) is 18.2 Å². The van der Waals surface area contributed by atoms with Gasteiger partial charge in [-0.15, -0.1) is 0 Å². The molecule has 0 N–H and O–H groups in total. The van der Waals surface area contributed by atoms with Crippen LogP contribution in [-0.4, -0.2) is 0 Å². The number of aryl methyl sites for hydroxylation is 1. The summed E-state index contributed by atoms with van der Waals surface area (Å²) in [6, 6.07) is 24.9. The van der Waals surface area contributed by atoms with Gasteiger partial charge < -0.3 is 4.74 Å². The summed E-state index contributed by atoms with van der Waals surface area (Å²) in [4.78, 5) is 0. The fourth-order valence-electron chi connectivity index (χ4n) is 2.64. The second-order valence-corrected chi connectivity index (χ2v) is 6.29. The molecule has 0 bridgehead atoms. The Labute approximate surface area is 148 Å². The number of hydrogen-bond donors (Lipinski definition) is 0. The van der Waals surface area contributed by atoms with Crippen LogP contribution in [0.3, 0.4) is 0 Å². The van der Waals surface area contributed by atoms with Crippen molar-refractivity contribution in [2.75, 3.05) is 0 Å². The summed E-state index contributed by atoms with van der Waals surface area (Å²) in [6.45, 7) is 2.68. The number of benzene rings is 3. The fourth-order valence-corrected chi connectivity index (χ4v) is 2.89. The first-order valence-electron chi connectivity index (χ1n) is 8.27. The molecule has 3 aromatic rings. The highest BCUT2D eigenvalue weighted by atomic mass is 35.5. The van der Waals surface area contributed by atoms with E-state index in [9.17, 15) is 0 Å². The van der Waals surface area contributed by atoms with E-state index < -0.39 is 0 Å². The number of halogens is 1. The van der Waals surface area contributed by atoms with Crippen molar-refractivity contribution in [2.24, 2.45) is 0 Å². The van der Waals surface area contributed by atoms with Gasteiger partial charge in [-0.25, -0.2) is 0 Å². The minimum absolute atomic E-state index is 0.530. The molecule has 122 valence electrons. The normalized spacial score (nSPS) is 10.6. The molecule has 1 nitrogen and oxygen atoms in total. The molecular weight excluding hydrogens is 316 g/mol. The highest BCUT2D eigenvalue weighted by Gasteiger charge is 2.05. The van der Waals surface area contributed by atoms with Crippen molar-refractivity contribution in [1.29, 1.82) is 0 Å². The van der Waals surface area contributed by atoms with E-state index in [0.717, 1.165) is 24.2 Å². The molecule has 0 radical (unpaired) electrons. The van der Waals surface area contributed by atoms with Crippen LogP contribution in [0, 0.1) is 0 Å². The fraction of sp³-hybridized carbons (Fsp3) is 0.182. The predicted molar refractivity (Wildman–Crippen MR) is 101 cm³/mol. The predicted octanol–water partition coefficient (Wildman–Crippen LogP) is 6.07. The zero-order valence-electron chi connectivity index (χ0n) is 13.8. The van der Waals surface area contributed by atoms with E-state index in [-0.39, 0.29) is 0 Å². The van der Waals surface area contributed by atoms with Crippen molar-refractivity contribution >= 4 is 11.6 Å². The zero-order valence-corrected chi connectivity index (χ0v) is 14.6. The maximum absolute atomic E-state index is 6.38. The van der Waals surface area contributed by atoms with Crippen molar-refractivity contribution in [3.63, 3.8) is 0 Å². The highest BCUT2D eigenvalue weighted by Crippen LogP contribution is 2.27. The molecule has 3 rings (SSSR count). The molecule has 0 atom stereocenters. The monoisotopic (exact) mass is 336 g/mol. The molecular formula is C22H21ClO. The Morgan fingerprint density at radius 2 is 1.42 bits per heavy atom. The highest BCUT2D eigenvalue weighted by molar-refractivity contribution is 6.32. The summed E-state index contributed by atoms with van der Waals surface area (Å²) in [5, 5.41) is 0.661. The van der Waals surface area contributed by atoms with Crippen molar-refractivity contribution in [3.05, 3.63) is 100 Å². The Morgan fingerprint density at radius 1 is 0.750 bits per heavy atom. The van der Waals surface area contributed by atoms with Crippen molar-refractivity contribution in [2.45, 2.75) is 26.4 Å². The Morgan fingerprint density at radius 3 is 2.08 bits per heavy atom. The minimum Gasteiger partial charge on any atom is -0.487 e. The first kappa shape index (κ1) is 16.6. The van der Waals surface area contributed by atoms with Gasteiger partial charge >= 0.3 is 0 Å². The van der Waals surface area contributed by atoms with Gasteiger partial charge in [0.15, 0.2) is 0 Å². The lowest BCUT2D eigenvalue weighted by atomic mass is 10.1. The summed E-state index contributed by atoms with van der Waals surface area (Å²) in [5.74, 6) is 0.730. The van der Waals surface area contributed by atoms with Crippen LogP contribution in [0.5, 0.6) is 5.75 Å². The van der Waals surface area contributed by atoms with E-state index in [4.69, 9.17) is 16.3 Å². The average Bonchev–Trinajstić information content (AvgIpc) is 2.62. The average molecular weight is 337 g/mol. The van der Waals surface area contributed by atoms with Crippen LogP contribution < -0.4 is 4.74 Å². The summed E-state index contributed by atoms with van der Waals surface area (Å²) in [5.41, 5.74) is 4.95. The van der Waals surface area contributed by atoms with Gasteiger partial charge in [-0.1, -0.05) is 79.2 Å². The van der Waals surface area contributed by atoms with Gasteiger partial charge in [0, 0.05) is 0 Å². The third-order valence-electron chi connectivity index (χ3n) is 4.07. The number of rotatable bonds is 6. The maximum Gasteiger partial charge on any atom is 0.138 e. The van der Waals surface area contributed by atoms with Crippen LogP contribution in [0.4, 0.5) is 0 Å². The smallest absolute Gasteiger partial charge is 0.138 e. The lowest BCUT2D eigenvalue weighted by Gasteiger charge is -2.10. The molecule has 0 amide bonds. The van der Waals surface area contributed by atoms with Crippen LogP contribution in [-0.2, 0) is 19.4 Å². The van der Waals surface area contributed by atoms with Gasteiger partial charge in [-0.2, -0.15) is 0 Å². The Balaban J connectivity index is 1.64. The molecule has 0 aliphatic rings. The van der Waals surface area contributed by atoms with Crippen molar-refractivity contribution in [1.82, 2.24) is 0 Å². The molecule has 0 aromatic heterocycles. The molecule has 0 saturated heterocycles. The maximum atomic E-state index is 6.38. The van der Waals surface area contributed by atoms with E-state index >= 15 is 0 Å². The van der Waals surface area contributed by atoms with Crippen LogP contribution in [0.15, 0.2) is 72.8 Å². The Kier molecular flexibility index (Phi) is 5.55. The molecule has 0 saturated carbocycles. The zero-order chi connectivity index (χ0) is 16.8. The van der Waals surface area contributed by atoms with E-state index in [2.05, 4.69) is 61.5 Å². The number of hydrogen-bond acceptors (Lipinski definition) is 1. The van der Waals surface area contributed by atoms with Crippen LogP contribution in [0.1, 0.15) is 29.2 Å². The summed E-state index contributed by atoms with van der Waals surface area (Å²) in [6.07, 6.45) is 1.93. The topological polar surface area (TPSA) is 9.23 Å². The second-order valence-electron chi connectivity index (χ2n) is 5.89. The Hall–Kier alpha value is -2.25. The van der Waals surface area contributed by atoms with Crippen molar-refractivity contribution < 1.29 is 4.74 Å². The lowest BCUT2D eigenvalue weighted by molar-refractivity contribution is 0.306. The molecule has 0 unspecified atom stereocenters. The van der Waals surface area contributed by atoms with Crippen LogP contribution >= 0.6 is 11.6 Å². The van der Waals surface area contributed by atoms with E-state index in [0.29, 0.717) is 11.6 Å². The number of ether oxygens (including phenoxy) is 1. The van der Waals surface area contributed by atoms with Crippen LogP contribution in [0.2, 0.25) is 5.02 Å². The largest absolute Gasteiger partial charge is 0.487 e. The molecule has 0 heterocycles. The summed E-state index contributed by atoms with van der Waals surface area (Å²) < 4.78 is 5.87. The van der Waals surface area contributed by atoms with Gasteiger partial charge in [-0.05, 0) is 47.2 Å². The minimum atomic E-state index is 0.530. The summed E-state index contributed by atoms with van der Waals surface area (Å²) in [7, 11) is 0. The third kappa shape index (κ3) is 4.39. The molecule has 0 aliphatic carbocycles. The van der Waals surface area contributed by atoms with E-state index in [1.54, 1.807) is 0 Å². The van der Waals surface area contributed by atoms with Gasteiger partial charge in [0.1, 0.15) is 12.4 Å². The van der Waals surface area contributed by atoms with Crippen molar-refractivity contribution in [3.8, 4) is 5.75 Å². The first-order valence-corrected chi connectivity index (χ1v) is 8.65. The standard InChI is InChI=1S/C22H21ClO/c1-2-17-8-10-19(11-9-17)16-24-22-13-12-20(15-21(22)23)14-18-6-4-3-5-7-18/h3-13,15H,2,14,16H2,1H3. The van der Waals surface area contributed by atoms with Gasteiger partial charge in [0.25, 0.3) is 0 Å². The third-order valence-corrected chi connectivity index (χ3v) is 4.37. The quantitative estimate of drug-likeness (QED) is 0.530. The Bertz CT molecular complexity index is 779. The molecule has 24 heavy (non-hydrogen) atoms.